The van der Waals surface area contributed by atoms with Crippen LogP contribution in [0, 0.1) is 11.5 Å². The predicted molar refractivity (Wildman–Crippen MR) is 141 cm³/mol. The summed E-state index contributed by atoms with van der Waals surface area (Å²) in [4.78, 5) is 0. The van der Waals surface area contributed by atoms with Crippen molar-refractivity contribution in [3.63, 3.8) is 0 Å². The highest BCUT2D eigenvalue weighted by Crippen LogP contribution is 2.60. The van der Waals surface area contributed by atoms with Crippen LogP contribution in [0.25, 0.3) is 11.1 Å². The minimum atomic E-state index is -7.87. The average Bonchev–Trinajstić information content (AvgIpc) is 2.90. The van der Waals surface area contributed by atoms with E-state index in [-0.39, 0.29) is 25.9 Å². The summed E-state index contributed by atoms with van der Waals surface area (Å²) in [5.74, 6) is -33.0. The zero-order chi connectivity index (χ0) is 33.8. The fraction of sp³-hybridized carbons (Fsp3) is 0.517. The van der Waals surface area contributed by atoms with Gasteiger partial charge in [0, 0.05) is 12.0 Å². The molecule has 2 rings (SSSR count). The van der Waals surface area contributed by atoms with Crippen LogP contribution in [0.4, 0.5) is 57.1 Å². The molecule has 246 valence electrons. The fourth-order valence-corrected chi connectivity index (χ4v) is 4.22. The van der Waals surface area contributed by atoms with E-state index in [1.165, 1.54) is 0 Å². The first-order valence-corrected chi connectivity index (χ1v) is 16.7. The molecule has 1 nitrogen and oxygen atoms in total. The maximum absolute atomic E-state index is 13.8. The molecule has 0 N–H and O–H groups in total. The van der Waals surface area contributed by atoms with Gasteiger partial charge in [0.05, 0.1) is 6.61 Å². The van der Waals surface area contributed by atoms with Gasteiger partial charge >= 0.3 is 35.8 Å². The molecule has 0 atom stereocenters. The number of hydrogen-bond donors (Lipinski definition) is 0. The minimum Gasteiger partial charge on any atom is -0.494 e. The van der Waals surface area contributed by atoms with Gasteiger partial charge in [-0.15, -0.1) is 5.54 Å². The second kappa shape index (κ2) is 13.2. The van der Waals surface area contributed by atoms with Crippen LogP contribution in [0.3, 0.4) is 0 Å². The van der Waals surface area contributed by atoms with Gasteiger partial charge in [-0.1, -0.05) is 62.7 Å². The molecular weight excluding hydrogens is 639 g/mol. The third-order valence-electron chi connectivity index (χ3n) is 6.31. The van der Waals surface area contributed by atoms with Crippen molar-refractivity contribution in [1.82, 2.24) is 0 Å². The van der Waals surface area contributed by atoms with Crippen molar-refractivity contribution in [2.24, 2.45) is 0 Å². The van der Waals surface area contributed by atoms with Crippen molar-refractivity contribution < 1.29 is 61.8 Å². The summed E-state index contributed by atoms with van der Waals surface area (Å²) in [5, 5.41) is 0. The van der Waals surface area contributed by atoms with Gasteiger partial charge in [0.1, 0.15) is 13.8 Å². The van der Waals surface area contributed by atoms with E-state index in [0.717, 1.165) is 16.7 Å². The van der Waals surface area contributed by atoms with Crippen LogP contribution >= 0.6 is 0 Å². The SMILES string of the molecule is C[Si](C)(C)C#Cc1ccc(-c2ccc(OCCCCCCC(F)(F)C(F)(F)C(F)(F)C(F)(F)C(F)(F)C(F)(F)F)cc2)cc1. The number of ether oxygens (including phenoxy) is 1. The largest absolute Gasteiger partial charge is 0.494 e. The molecule has 0 aliphatic carbocycles. The van der Waals surface area contributed by atoms with Crippen LogP contribution in [-0.4, -0.2) is 50.5 Å². The van der Waals surface area contributed by atoms with E-state index in [0.29, 0.717) is 5.75 Å². The van der Waals surface area contributed by atoms with Crippen LogP contribution in [-0.2, 0) is 0 Å². The zero-order valence-electron chi connectivity index (χ0n) is 23.7. The lowest BCUT2D eigenvalue weighted by Gasteiger charge is -2.39. The Morgan fingerprint density at radius 1 is 0.568 bits per heavy atom. The molecule has 0 aliphatic rings. The molecule has 0 radical (unpaired) electrons. The summed E-state index contributed by atoms with van der Waals surface area (Å²) < 4.78 is 177. The van der Waals surface area contributed by atoms with Crippen molar-refractivity contribution >= 4 is 8.07 Å². The van der Waals surface area contributed by atoms with Gasteiger partial charge in [-0.2, -0.15) is 57.1 Å². The van der Waals surface area contributed by atoms with E-state index in [4.69, 9.17) is 4.74 Å². The Labute approximate surface area is 246 Å². The number of unbranched alkanes of at least 4 members (excludes halogenated alkanes) is 3. The summed E-state index contributed by atoms with van der Waals surface area (Å²) in [6, 6.07) is 14.5. The third kappa shape index (κ3) is 8.22. The molecule has 0 saturated carbocycles. The van der Waals surface area contributed by atoms with Crippen LogP contribution in [0.5, 0.6) is 5.75 Å². The number of benzene rings is 2. The van der Waals surface area contributed by atoms with Gasteiger partial charge in [0.25, 0.3) is 0 Å². The van der Waals surface area contributed by atoms with E-state index >= 15 is 0 Å². The molecule has 0 amide bonds. The lowest BCUT2D eigenvalue weighted by Crippen LogP contribution is -2.70. The number of rotatable bonds is 13. The number of alkyl halides is 13. The molecule has 2 aromatic rings. The molecule has 0 heterocycles. The van der Waals surface area contributed by atoms with Gasteiger partial charge in [-0.05, 0) is 48.2 Å². The molecule has 0 spiro atoms. The van der Waals surface area contributed by atoms with Gasteiger partial charge in [-0.25, -0.2) is 0 Å². The molecule has 15 heteroatoms. The Balaban J connectivity index is 1.85. The van der Waals surface area contributed by atoms with Crippen molar-refractivity contribution in [3.05, 3.63) is 54.1 Å². The van der Waals surface area contributed by atoms with E-state index in [9.17, 15) is 57.1 Å². The molecular formula is C29H29F13OSi. The maximum atomic E-state index is 13.8. The van der Waals surface area contributed by atoms with Crippen molar-refractivity contribution in [3.8, 4) is 28.3 Å². The van der Waals surface area contributed by atoms with Gasteiger partial charge in [0.15, 0.2) is 0 Å². The lowest BCUT2D eigenvalue weighted by molar-refractivity contribution is -0.440. The topological polar surface area (TPSA) is 9.23 Å². The highest BCUT2D eigenvalue weighted by molar-refractivity contribution is 6.83. The molecule has 0 aliphatic heterocycles. The van der Waals surface area contributed by atoms with E-state index in [1.54, 1.807) is 24.3 Å². The van der Waals surface area contributed by atoms with Crippen molar-refractivity contribution in [1.29, 1.82) is 0 Å². The molecule has 0 saturated heterocycles. The predicted octanol–water partition coefficient (Wildman–Crippen LogP) is 10.7. The summed E-state index contributed by atoms with van der Waals surface area (Å²) >= 11 is 0. The monoisotopic (exact) mass is 668 g/mol. The van der Waals surface area contributed by atoms with Crippen molar-refractivity contribution in [2.45, 2.75) is 87.5 Å². The molecule has 0 unspecified atom stereocenters. The first-order valence-electron chi connectivity index (χ1n) is 13.2. The van der Waals surface area contributed by atoms with Crippen molar-refractivity contribution in [2.75, 3.05) is 6.61 Å². The molecule has 44 heavy (non-hydrogen) atoms. The Kier molecular flexibility index (Phi) is 11.2. The molecule has 0 fully saturated rings. The second-order valence-corrected chi connectivity index (χ2v) is 15.9. The lowest BCUT2D eigenvalue weighted by atomic mass is 9.91. The summed E-state index contributed by atoms with van der Waals surface area (Å²) in [6.07, 6.45) is -10.6. The fourth-order valence-electron chi connectivity index (χ4n) is 3.70. The number of halogens is 13. The van der Waals surface area contributed by atoms with Crippen LogP contribution in [0.2, 0.25) is 19.6 Å². The Hall–Kier alpha value is -2.89. The van der Waals surface area contributed by atoms with Crippen LogP contribution < -0.4 is 4.74 Å². The first kappa shape index (κ1) is 37.3. The summed E-state index contributed by atoms with van der Waals surface area (Å²) in [6.45, 7) is 6.44. The van der Waals surface area contributed by atoms with E-state index < -0.39 is 56.7 Å². The summed E-state index contributed by atoms with van der Waals surface area (Å²) in [7, 11) is -1.51. The molecule has 0 bridgehead atoms. The average molecular weight is 669 g/mol. The van der Waals surface area contributed by atoms with Gasteiger partial charge in [0.2, 0.25) is 0 Å². The normalized spacial score (nSPS) is 13.8. The smallest absolute Gasteiger partial charge is 0.460 e. The molecule has 0 aromatic heterocycles. The molecule has 2 aromatic carbocycles. The van der Waals surface area contributed by atoms with E-state index in [1.807, 2.05) is 24.3 Å². The minimum absolute atomic E-state index is 0.0331. The third-order valence-corrected chi connectivity index (χ3v) is 7.18. The Bertz CT molecular complexity index is 1280. The van der Waals surface area contributed by atoms with Gasteiger partial charge < -0.3 is 4.74 Å². The maximum Gasteiger partial charge on any atom is 0.460 e. The summed E-state index contributed by atoms with van der Waals surface area (Å²) in [5.41, 5.74) is 5.97. The van der Waals surface area contributed by atoms with Crippen LogP contribution in [0.1, 0.15) is 37.7 Å². The second-order valence-electron chi connectivity index (χ2n) is 11.1. The zero-order valence-corrected chi connectivity index (χ0v) is 24.7. The number of hydrogen-bond acceptors (Lipinski definition) is 1. The first-order chi connectivity index (χ1) is 19.9. The standard InChI is InChI=1S/C29H29F13OSi/c1-44(2,3)19-16-20-8-10-21(11-9-20)22-12-14-23(15-13-22)43-18-7-5-4-6-17-24(30,31)25(32,33)26(34,35)27(36,37)28(38,39)29(40,41)42/h8-15H,4-7,17-18H2,1-3H3. The highest BCUT2D eigenvalue weighted by Gasteiger charge is 2.90. The van der Waals surface area contributed by atoms with Gasteiger partial charge in [-0.3, -0.25) is 0 Å². The van der Waals surface area contributed by atoms with E-state index in [2.05, 4.69) is 31.1 Å². The quantitative estimate of drug-likeness (QED) is 0.0894. The van der Waals surface area contributed by atoms with Crippen LogP contribution in [0.15, 0.2) is 48.5 Å². The Morgan fingerprint density at radius 2 is 1.02 bits per heavy atom. The highest BCUT2D eigenvalue weighted by atomic mass is 28.3. The Morgan fingerprint density at radius 3 is 1.50 bits per heavy atom.